The van der Waals surface area contributed by atoms with Gasteiger partial charge in [0.25, 0.3) is 17.7 Å². The van der Waals surface area contributed by atoms with E-state index in [-0.39, 0.29) is 56.5 Å². The van der Waals surface area contributed by atoms with Gasteiger partial charge in [0, 0.05) is 38.2 Å². The van der Waals surface area contributed by atoms with E-state index in [1.165, 1.54) is 36.8 Å². The van der Waals surface area contributed by atoms with Crippen LogP contribution in [0, 0.1) is 73.7 Å². The fourth-order valence-corrected chi connectivity index (χ4v) is 21.3. The molecular formula is C72H82ClF3N18O9. The number of imidazole rings is 3. The number of hydrogen-bond acceptors (Lipinski definition) is 18. The van der Waals surface area contributed by atoms with Gasteiger partial charge in [0.05, 0.1) is 68.7 Å². The Balaban J connectivity index is 0.000000117. The Morgan fingerprint density at radius 2 is 0.757 bits per heavy atom. The molecule has 0 aliphatic heterocycles. The SMILES string of the molecule is Cc1cc(C(N)=O)c(F)cc1N.Cc1cc(C(N)=O)c(F)cc1Nc1ncc2c(n1)n(C13CC4CC(CC(O)(C4)C1)C3)c(=O)n2C.Cc1cc(C(N)=O)c(F)cc1Nc1ncc2c(n1)n(C13CC4CC(CC(O)(C4)C1)C3)c(=O)n2C.Cn1c(=O)n(C23CC4CC(CC(O)(C4)C2)C3)c2nc(Cl)ncc21. The van der Waals surface area contributed by atoms with Crippen LogP contribution in [-0.2, 0) is 37.8 Å². The Hall–Kier alpha value is -9.52. The summed E-state index contributed by atoms with van der Waals surface area (Å²) in [5.74, 6) is -1.56. The van der Waals surface area contributed by atoms with Crippen LogP contribution in [0.1, 0.15) is 163 Å². The van der Waals surface area contributed by atoms with Gasteiger partial charge in [-0.15, -0.1) is 0 Å². The van der Waals surface area contributed by atoms with Gasteiger partial charge in [-0.2, -0.15) is 15.0 Å². The summed E-state index contributed by atoms with van der Waals surface area (Å²) in [5.41, 5.74) is 23.0. The summed E-state index contributed by atoms with van der Waals surface area (Å²) in [4.78, 5) is 99.8. The molecule has 0 saturated heterocycles. The molecule has 0 radical (unpaired) electrons. The molecule has 6 heterocycles. The fourth-order valence-electron chi connectivity index (χ4n) is 21.1. The molecule has 6 atom stereocenters. The zero-order chi connectivity index (χ0) is 73.3. The molecule has 12 fully saturated rings. The van der Waals surface area contributed by atoms with Gasteiger partial charge in [0.15, 0.2) is 16.9 Å². The zero-order valence-corrected chi connectivity index (χ0v) is 58.6. The molecule has 9 aromatic rings. The molecular weight excluding hydrogens is 1350 g/mol. The first-order chi connectivity index (χ1) is 48.6. The summed E-state index contributed by atoms with van der Waals surface area (Å²) in [6, 6.07) is 7.58. The number of nitrogen functional groups attached to an aromatic ring is 1. The summed E-state index contributed by atoms with van der Waals surface area (Å²) in [7, 11) is 5.15. The number of amides is 3. The average molecular weight is 1440 g/mol. The first-order valence-electron chi connectivity index (χ1n) is 34.8. The molecule has 12 aliphatic carbocycles. The van der Waals surface area contributed by atoms with E-state index in [1.54, 1.807) is 83.3 Å². The summed E-state index contributed by atoms with van der Waals surface area (Å²) in [5, 5.41) is 39.6. The third-order valence-electron chi connectivity index (χ3n) is 24.1. The number of halogens is 4. The summed E-state index contributed by atoms with van der Waals surface area (Å²) < 4.78 is 51.7. The number of fused-ring (bicyclic) bond motifs is 3. The molecule has 27 nitrogen and oxygen atoms in total. The standard InChI is InChI=1S/2C24H27FN6O3.C16H19ClN4O2.C8H9FN2O/c2*1-12-3-15(19(26)32)16(25)5-17(12)28-21-27-10-18-20(29-21)31(22(33)30(18)2)23-6-13-4-14(7-23)9-24(34,8-13)11-23;1-20-11-7-18-13(17)19-12(11)21(14(20)22)15-3-9-2-10(4-15)6-16(23,5-9)8-15;1-4-2-5(8(11)12)6(9)3-7(4)10/h2*3,5,10,13-14,34H,4,6-9,11H2,1-2H3,(H2,26,32)(H,27,28,29);7,9-10,23H,2-6,8H2,1H3;2-3H,10H2,1H3,(H2,11,12). The van der Waals surface area contributed by atoms with Crippen LogP contribution < -0.4 is 50.6 Å². The van der Waals surface area contributed by atoms with Crippen LogP contribution in [0.15, 0.2) is 69.4 Å². The van der Waals surface area contributed by atoms with E-state index in [0.29, 0.717) is 122 Å². The number of anilines is 5. The number of aryl methyl sites for hydroxylation is 6. The van der Waals surface area contributed by atoms with Gasteiger partial charge in [0.1, 0.15) is 34.0 Å². The highest BCUT2D eigenvalue weighted by molar-refractivity contribution is 6.28. The van der Waals surface area contributed by atoms with Crippen LogP contribution in [0.3, 0.4) is 0 Å². The van der Waals surface area contributed by atoms with Gasteiger partial charge in [-0.05, 0) is 237 Å². The maximum atomic E-state index is 14.4. The number of rotatable bonds is 10. The maximum absolute atomic E-state index is 14.4. The number of nitrogens with zero attached hydrogens (tertiary/aromatic N) is 12. The van der Waals surface area contributed by atoms with E-state index >= 15 is 0 Å². The van der Waals surface area contributed by atoms with Gasteiger partial charge in [-0.3, -0.25) is 41.8 Å². The molecule has 31 heteroatoms. The second-order valence-corrected chi connectivity index (χ2v) is 32.1. The number of primary amides is 3. The molecule has 6 aromatic heterocycles. The normalized spacial score (nSPS) is 29.3. The van der Waals surface area contributed by atoms with Crippen LogP contribution in [-0.4, -0.2) is 107 Å². The zero-order valence-electron chi connectivity index (χ0n) is 57.9. The molecule has 6 unspecified atom stereocenters. The minimum absolute atomic E-state index is 0.0814. The Morgan fingerprint density at radius 1 is 0.466 bits per heavy atom. The number of carbonyl (C=O) groups is 3. The van der Waals surface area contributed by atoms with Crippen molar-refractivity contribution < 1.29 is 42.9 Å². The minimum atomic E-state index is -0.838. The lowest BCUT2D eigenvalue weighted by molar-refractivity contribution is -0.156. The first-order valence-corrected chi connectivity index (χ1v) is 35.2. The van der Waals surface area contributed by atoms with E-state index in [9.17, 15) is 57.3 Å². The second kappa shape index (κ2) is 24.3. The van der Waals surface area contributed by atoms with Crippen molar-refractivity contribution >= 4 is 91.8 Å². The van der Waals surface area contributed by atoms with Crippen LogP contribution in [0.25, 0.3) is 33.5 Å². The Morgan fingerprint density at radius 3 is 1.07 bits per heavy atom. The Labute approximate surface area is 591 Å². The van der Waals surface area contributed by atoms with E-state index in [1.807, 2.05) is 4.57 Å². The molecule has 3 amide bonds. The van der Waals surface area contributed by atoms with Crippen molar-refractivity contribution in [1.82, 2.24) is 57.3 Å². The molecule has 12 bridgehead atoms. The van der Waals surface area contributed by atoms with Gasteiger partial charge in [0.2, 0.25) is 17.2 Å². The molecule has 12 saturated carbocycles. The number of aromatic nitrogens is 12. The lowest BCUT2D eigenvalue weighted by atomic mass is 9.51. The van der Waals surface area contributed by atoms with Crippen molar-refractivity contribution in [1.29, 1.82) is 0 Å². The largest absolute Gasteiger partial charge is 0.398 e. The van der Waals surface area contributed by atoms with Crippen molar-refractivity contribution in [2.75, 3.05) is 16.4 Å². The first kappa shape index (κ1) is 69.2. The summed E-state index contributed by atoms with van der Waals surface area (Å²) in [6.07, 6.45) is 20.2. The highest BCUT2D eigenvalue weighted by Gasteiger charge is 2.62. The lowest BCUT2D eigenvalue weighted by Gasteiger charge is -2.60. The predicted molar refractivity (Wildman–Crippen MR) is 376 cm³/mol. The van der Waals surface area contributed by atoms with Crippen LogP contribution >= 0.6 is 11.6 Å². The molecule has 3 aromatic carbocycles. The fraction of sp³-hybridized carbons (Fsp3) is 0.500. The molecule has 12 aliphatic rings. The molecule has 0 spiro atoms. The number of nitrogens with two attached hydrogens (primary N) is 4. The molecule has 13 N–H and O–H groups in total. The average Bonchev–Trinajstić information content (AvgIpc) is 1.71. The van der Waals surface area contributed by atoms with Crippen LogP contribution in [0.4, 0.5) is 42.1 Å². The molecule has 103 heavy (non-hydrogen) atoms. The van der Waals surface area contributed by atoms with Crippen LogP contribution in [0.2, 0.25) is 5.28 Å². The van der Waals surface area contributed by atoms with E-state index < -0.39 is 63.1 Å². The molecule has 21 rings (SSSR count). The Kier molecular flexibility index (Phi) is 16.3. The topological polar surface area (TPSA) is 398 Å². The lowest BCUT2D eigenvalue weighted by Crippen LogP contribution is -2.61. The second-order valence-electron chi connectivity index (χ2n) is 31.7. The number of hydrogen-bond donors (Lipinski definition) is 9. The van der Waals surface area contributed by atoms with E-state index in [4.69, 9.17) is 34.5 Å². The maximum Gasteiger partial charge on any atom is 0.330 e. The molecule has 542 valence electrons. The van der Waals surface area contributed by atoms with Crippen LogP contribution in [0.5, 0.6) is 0 Å². The van der Waals surface area contributed by atoms with Crippen molar-refractivity contribution in [2.24, 2.45) is 73.9 Å². The number of benzene rings is 3. The number of carbonyl (C=O) groups excluding carboxylic acids is 3. The quantitative estimate of drug-likeness (QED) is 0.0471. The minimum Gasteiger partial charge on any atom is -0.398 e. The van der Waals surface area contributed by atoms with Gasteiger partial charge in [-0.25, -0.2) is 42.5 Å². The summed E-state index contributed by atoms with van der Waals surface area (Å²) >= 11 is 5.99. The van der Waals surface area contributed by atoms with Gasteiger partial charge < -0.3 is 48.9 Å². The third kappa shape index (κ3) is 11.8. The predicted octanol–water partition coefficient (Wildman–Crippen LogP) is 7.56. The number of aliphatic hydroxyl groups is 3. The third-order valence-corrected chi connectivity index (χ3v) is 24.3. The van der Waals surface area contributed by atoms with Crippen molar-refractivity contribution in [3.63, 3.8) is 0 Å². The summed E-state index contributed by atoms with van der Waals surface area (Å²) in [6.45, 7) is 5.13. The number of nitrogens with one attached hydrogen (secondary N) is 2. The van der Waals surface area contributed by atoms with Crippen molar-refractivity contribution in [3.05, 3.63) is 143 Å². The van der Waals surface area contributed by atoms with Gasteiger partial charge >= 0.3 is 17.1 Å². The monoisotopic (exact) mass is 1430 g/mol. The van der Waals surface area contributed by atoms with Gasteiger partial charge in [-0.1, -0.05) is 0 Å². The highest BCUT2D eigenvalue weighted by atomic mass is 35.5. The smallest absolute Gasteiger partial charge is 0.330 e. The highest BCUT2D eigenvalue weighted by Crippen LogP contribution is 2.63. The van der Waals surface area contributed by atoms with Crippen molar-refractivity contribution in [2.45, 2.75) is 170 Å². The van der Waals surface area contributed by atoms with E-state index in [0.717, 1.165) is 96.0 Å². The Bertz CT molecular complexity index is 5030. The van der Waals surface area contributed by atoms with E-state index in [2.05, 4.69) is 40.5 Å². The van der Waals surface area contributed by atoms with Crippen molar-refractivity contribution in [3.8, 4) is 0 Å².